The molecule has 0 radical (unpaired) electrons. The minimum Gasteiger partial charge on any atom is -0.476 e. The van der Waals surface area contributed by atoms with Crippen LogP contribution in [-0.2, 0) is 0 Å². The highest BCUT2D eigenvalue weighted by Crippen LogP contribution is 2.31. The smallest absolute Gasteiger partial charge is 0.476 e. The van der Waals surface area contributed by atoms with Crippen LogP contribution in [0.2, 0.25) is 0 Å². The van der Waals surface area contributed by atoms with Crippen molar-refractivity contribution in [1.82, 2.24) is 4.98 Å². The molecule has 22 heavy (non-hydrogen) atoms. The van der Waals surface area contributed by atoms with Crippen LogP contribution in [0, 0.1) is 0 Å². The molecule has 0 aliphatic carbocycles. The standard InChI is InChI=1S/C13H9F3N2O3S/c14-13(15,16)21-7-1-3-8(4-2-7)22-9-5-10(17)11(12(19)20)18-6-9/h1-6H,17H2,(H,19,20). The Bertz CT molecular complexity index is 690. The summed E-state index contributed by atoms with van der Waals surface area (Å²) in [5.41, 5.74) is 5.33. The van der Waals surface area contributed by atoms with Crippen molar-refractivity contribution in [3.05, 3.63) is 42.2 Å². The first-order valence-electron chi connectivity index (χ1n) is 5.77. The molecule has 9 heteroatoms. The summed E-state index contributed by atoms with van der Waals surface area (Å²) in [4.78, 5) is 15.7. The van der Waals surface area contributed by atoms with Crippen molar-refractivity contribution in [1.29, 1.82) is 0 Å². The number of halogens is 3. The lowest BCUT2D eigenvalue weighted by molar-refractivity contribution is -0.274. The number of carboxylic acid groups (broad SMARTS) is 1. The zero-order chi connectivity index (χ0) is 16.3. The lowest BCUT2D eigenvalue weighted by Gasteiger charge is -2.09. The third-order valence-corrected chi connectivity index (χ3v) is 3.35. The van der Waals surface area contributed by atoms with Gasteiger partial charge in [-0.1, -0.05) is 11.8 Å². The van der Waals surface area contributed by atoms with Crippen LogP contribution in [0.4, 0.5) is 18.9 Å². The average molecular weight is 330 g/mol. The van der Waals surface area contributed by atoms with Crippen molar-refractivity contribution in [3.8, 4) is 5.75 Å². The van der Waals surface area contributed by atoms with Gasteiger partial charge in [-0.15, -0.1) is 13.2 Å². The van der Waals surface area contributed by atoms with Crippen molar-refractivity contribution in [2.24, 2.45) is 0 Å². The number of pyridine rings is 1. The monoisotopic (exact) mass is 330 g/mol. The first-order valence-corrected chi connectivity index (χ1v) is 6.59. The van der Waals surface area contributed by atoms with E-state index in [1.807, 2.05) is 0 Å². The van der Waals surface area contributed by atoms with Crippen LogP contribution in [0.25, 0.3) is 0 Å². The zero-order valence-electron chi connectivity index (χ0n) is 10.8. The van der Waals surface area contributed by atoms with Crippen LogP contribution in [-0.4, -0.2) is 22.4 Å². The second-order valence-electron chi connectivity index (χ2n) is 4.04. The number of hydrogen-bond acceptors (Lipinski definition) is 5. The number of aromatic nitrogens is 1. The molecule has 1 aromatic heterocycles. The molecular formula is C13H9F3N2O3S. The first kappa shape index (κ1) is 16.0. The Labute approximate surface area is 126 Å². The third-order valence-electron chi connectivity index (χ3n) is 2.39. The quantitative estimate of drug-likeness (QED) is 0.893. The maximum absolute atomic E-state index is 12.0. The Morgan fingerprint density at radius 1 is 1.23 bits per heavy atom. The van der Waals surface area contributed by atoms with E-state index >= 15 is 0 Å². The molecule has 0 bridgehead atoms. The molecule has 0 saturated heterocycles. The van der Waals surface area contributed by atoms with Crippen LogP contribution < -0.4 is 10.5 Å². The van der Waals surface area contributed by atoms with Gasteiger partial charge in [-0.2, -0.15) is 0 Å². The first-order chi connectivity index (χ1) is 10.2. The van der Waals surface area contributed by atoms with Gasteiger partial charge in [0.2, 0.25) is 0 Å². The van der Waals surface area contributed by atoms with Gasteiger partial charge in [0.1, 0.15) is 5.75 Å². The molecule has 0 spiro atoms. The number of nitrogen functional groups attached to an aromatic ring is 1. The molecule has 0 saturated carbocycles. The number of rotatable bonds is 4. The normalized spacial score (nSPS) is 11.2. The largest absolute Gasteiger partial charge is 0.573 e. The van der Waals surface area contributed by atoms with Crippen molar-refractivity contribution in [2.75, 3.05) is 5.73 Å². The second-order valence-corrected chi connectivity index (χ2v) is 5.18. The highest BCUT2D eigenvalue weighted by Gasteiger charge is 2.30. The lowest BCUT2D eigenvalue weighted by atomic mass is 10.3. The van der Waals surface area contributed by atoms with Gasteiger partial charge in [-0.3, -0.25) is 0 Å². The summed E-state index contributed by atoms with van der Waals surface area (Å²) >= 11 is 1.18. The molecule has 116 valence electrons. The molecule has 0 amide bonds. The topological polar surface area (TPSA) is 85.4 Å². The predicted octanol–water partition coefficient (Wildman–Crippen LogP) is 3.41. The Balaban J connectivity index is 2.11. The highest BCUT2D eigenvalue weighted by atomic mass is 32.2. The Morgan fingerprint density at radius 2 is 1.86 bits per heavy atom. The number of aromatic carboxylic acids is 1. The summed E-state index contributed by atoms with van der Waals surface area (Å²) in [6.07, 6.45) is -3.41. The molecule has 1 heterocycles. The molecular weight excluding hydrogens is 321 g/mol. The van der Waals surface area contributed by atoms with E-state index in [1.165, 1.54) is 48.3 Å². The van der Waals surface area contributed by atoms with E-state index in [1.54, 1.807) is 0 Å². The van der Waals surface area contributed by atoms with Gasteiger partial charge in [0, 0.05) is 16.0 Å². The minimum atomic E-state index is -4.74. The maximum atomic E-state index is 12.0. The summed E-state index contributed by atoms with van der Waals surface area (Å²) in [5, 5.41) is 8.81. The predicted molar refractivity (Wildman–Crippen MR) is 72.9 cm³/mol. The second kappa shape index (κ2) is 6.14. The molecule has 0 fully saturated rings. The molecule has 2 aromatic rings. The summed E-state index contributed by atoms with van der Waals surface area (Å²) in [6.45, 7) is 0. The van der Waals surface area contributed by atoms with Gasteiger partial charge in [-0.25, -0.2) is 9.78 Å². The number of benzene rings is 1. The molecule has 0 unspecified atom stereocenters. The number of ether oxygens (including phenoxy) is 1. The van der Waals surface area contributed by atoms with E-state index in [0.717, 1.165) is 0 Å². The van der Waals surface area contributed by atoms with E-state index in [4.69, 9.17) is 10.8 Å². The van der Waals surface area contributed by atoms with Crippen LogP contribution >= 0.6 is 11.8 Å². The molecule has 1 aromatic carbocycles. The van der Waals surface area contributed by atoms with Gasteiger partial charge >= 0.3 is 12.3 Å². The highest BCUT2D eigenvalue weighted by molar-refractivity contribution is 7.99. The fourth-order valence-electron chi connectivity index (χ4n) is 1.54. The van der Waals surface area contributed by atoms with Crippen molar-refractivity contribution in [3.63, 3.8) is 0 Å². The number of carboxylic acids is 1. The Hall–Kier alpha value is -2.42. The number of alkyl halides is 3. The van der Waals surface area contributed by atoms with Crippen LogP contribution in [0.1, 0.15) is 10.5 Å². The summed E-state index contributed by atoms with van der Waals surface area (Å²) in [6, 6.07) is 6.66. The summed E-state index contributed by atoms with van der Waals surface area (Å²) < 4.78 is 39.9. The van der Waals surface area contributed by atoms with E-state index in [-0.39, 0.29) is 17.1 Å². The SMILES string of the molecule is Nc1cc(Sc2ccc(OC(F)(F)F)cc2)cnc1C(=O)O. The average Bonchev–Trinajstić information content (AvgIpc) is 2.39. The van der Waals surface area contributed by atoms with Crippen LogP contribution in [0.3, 0.4) is 0 Å². The van der Waals surface area contributed by atoms with E-state index in [2.05, 4.69) is 9.72 Å². The van der Waals surface area contributed by atoms with Gasteiger partial charge in [0.25, 0.3) is 0 Å². The molecule has 3 N–H and O–H groups in total. The van der Waals surface area contributed by atoms with Gasteiger partial charge < -0.3 is 15.6 Å². The Morgan fingerprint density at radius 3 is 2.36 bits per heavy atom. The van der Waals surface area contributed by atoms with Gasteiger partial charge in [0.05, 0.1) is 5.69 Å². The Kier molecular flexibility index (Phi) is 4.45. The van der Waals surface area contributed by atoms with Crippen molar-refractivity contribution in [2.45, 2.75) is 16.2 Å². The number of nitrogens with two attached hydrogens (primary N) is 1. The van der Waals surface area contributed by atoms with Crippen LogP contribution in [0.15, 0.2) is 46.3 Å². The lowest BCUT2D eigenvalue weighted by Crippen LogP contribution is -2.16. The maximum Gasteiger partial charge on any atom is 0.573 e. The van der Waals surface area contributed by atoms with Crippen molar-refractivity contribution >= 4 is 23.4 Å². The molecule has 2 rings (SSSR count). The number of anilines is 1. The minimum absolute atomic E-state index is 0.00882. The number of hydrogen-bond donors (Lipinski definition) is 2. The fraction of sp³-hybridized carbons (Fsp3) is 0.0769. The molecule has 5 nitrogen and oxygen atoms in total. The van der Waals surface area contributed by atoms with E-state index < -0.39 is 12.3 Å². The number of nitrogens with zero attached hydrogens (tertiary/aromatic N) is 1. The van der Waals surface area contributed by atoms with E-state index in [9.17, 15) is 18.0 Å². The summed E-state index contributed by atoms with van der Waals surface area (Å²) in [7, 11) is 0. The molecule has 0 aliphatic heterocycles. The van der Waals surface area contributed by atoms with Crippen molar-refractivity contribution < 1.29 is 27.8 Å². The molecule has 0 atom stereocenters. The van der Waals surface area contributed by atoms with E-state index in [0.29, 0.717) is 9.79 Å². The third kappa shape index (κ3) is 4.29. The summed E-state index contributed by atoms with van der Waals surface area (Å²) in [5.74, 6) is -1.56. The van der Waals surface area contributed by atoms with Gasteiger partial charge in [-0.05, 0) is 30.3 Å². The fourth-order valence-corrected chi connectivity index (χ4v) is 2.38. The zero-order valence-corrected chi connectivity index (χ0v) is 11.6. The van der Waals surface area contributed by atoms with Gasteiger partial charge in [0.15, 0.2) is 5.69 Å². The number of carbonyl (C=O) groups is 1. The van der Waals surface area contributed by atoms with Crippen LogP contribution in [0.5, 0.6) is 5.75 Å². The molecule has 0 aliphatic rings.